The van der Waals surface area contributed by atoms with E-state index in [2.05, 4.69) is 15.3 Å². The molecule has 0 amide bonds. The van der Waals surface area contributed by atoms with E-state index < -0.39 is 11.6 Å². The number of nitrogens with one attached hydrogen (secondary N) is 1. The van der Waals surface area contributed by atoms with Gasteiger partial charge >= 0.3 is 0 Å². The SMILES string of the molecule is CCNCc1cc(F)c(Sc2nccc(C)n2)c(F)c1. The van der Waals surface area contributed by atoms with Crippen LogP contribution in [-0.4, -0.2) is 16.5 Å². The van der Waals surface area contributed by atoms with Crippen molar-refractivity contribution in [2.45, 2.75) is 30.4 Å². The fraction of sp³-hybridized carbons (Fsp3) is 0.286. The highest BCUT2D eigenvalue weighted by atomic mass is 32.2. The van der Waals surface area contributed by atoms with Crippen LogP contribution in [0.15, 0.2) is 34.4 Å². The van der Waals surface area contributed by atoms with Crippen molar-refractivity contribution in [1.29, 1.82) is 0 Å². The van der Waals surface area contributed by atoms with Crippen LogP contribution in [-0.2, 0) is 6.54 Å². The zero-order valence-corrected chi connectivity index (χ0v) is 12.1. The highest BCUT2D eigenvalue weighted by Crippen LogP contribution is 2.30. The van der Waals surface area contributed by atoms with E-state index >= 15 is 0 Å². The highest BCUT2D eigenvalue weighted by molar-refractivity contribution is 7.99. The number of rotatable bonds is 5. The molecule has 0 bridgehead atoms. The van der Waals surface area contributed by atoms with Crippen LogP contribution in [0.25, 0.3) is 0 Å². The number of benzene rings is 1. The van der Waals surface area contributed by atoms with E-state index in [4.69, 9.17) is 0 Å². The Hall–Kier alpha value is -1.53. The van der Waals surface area contributed by atoms with Crippen molar-refractivity contribution in [3.63, 3.8) is 0 Å². The number of hydrogen-bond acceptors (Lipinski definition) is 4. The fourth-order valence-corrected chi connectivity index (χ4v) is 2.45. The Kier molecular flexibility index (Phi) is 5.03. The molecule has 0 unspecified atom stereocenters. The normalized spacial score (nSPS) is 10.8. The maximum atomic E-state index is 14.0. The Balaban J connectivity index is 2.24. The summed E-state index contributed by atoms with van der Waals surface area (Å²) >= 11 is 0.895. The first-order valence-electron chi connectivity index (χ1n) is 6.26. The second kappa shape index (κ2) is 6.76. The molecule has 2 aromatic rings. The third-order valence-electron chi connectivity index (χ3n) is 2.60. The summed E-state index contributed by atoms with van der Waals surface area (Å²) in [5.41, 5.74) is 1.34. The monoisotopic (exact) mass is 295 g/mol. The average molecular weight is 295 g/mol. The predicted octanol–water partition coefficient (Wildman–Crippen LogP) is 3.32. The number of aryl methyl sites for hydroxylation is 1. The van der Waals surface area contributed by atoms with E-state index in [1.807, 2.05) is 6.92 Å². The van der Waals surface area contributed by atoms with Crippen LogP contribution in [0.4, 0.5) is 8.78 Å². The van der Waals surface area contributed by atoms with Gasteiger partial charge < -0.3 is 5.32 Å². The summed E-state index contributed by atoms with van der Waals surface area (Å²) in [4.78, 5) is 8.05. The number of aromatic nitrogens is 2. The molecule has 106 valence electrons. The molecular formula is C14H15F2N3S. The molecule has 0 aliphatic carbocycles. The molecule has 0 radical (unpaired) electrons. The van der Waals surface area contributed by atoms with Gasteiger partial charge in [-0.05, 0) is 49.0 Å². The summed E-state index contributed by atoms with van der Waals surface area (Å²) in [7, 11) is 0. The zero-order chi connectivity index (χ0) is 14.5. The molecule has 0 spiro atoms. The van der Waals surface area contributed by atoms with Crippen LogP contribution in [0.3, 0.4) is 0 Å². The van der Waals surface area contributed by atoms with Gasteiger partial charge in [0.1, 0.15) is 11.6 Å². The van der Waals surface area contributed by atoms with Crippen LogP contribution in [0.2, 0.25) is 0 Å². The van der Waals surface area contributed by atoms with Gasteiger partial charge in [0.15, 0.2) is 5.16 Å². The molecule has 0 aliphatic rings. The van der Waals surface area contributed by atoms with Crippen molar-refractivity contribution in [2.75, 3.05) is 6.54 Å². The van der Waals surface area contributed by atoms with Gasteiger partial charge in [-0.2, -0.15) is 0 Å². The maximum absolute atomic E-state index is 14.0. The minimum atomic E-state index is -0.590. The molecule has 1 aromatic carbocycles. The van der Waals surface area contributed by atoms with Crippen molar-refractivity contribution in [2.24, 2.45) is 0 Å². The van der Waals surface area contributed by atoms with Gasteiger partial charge in [0.2, 0.25) is 0 Å². The molecule has 0 saturated carbocycles. The molecule has 1 N–H and O–H groups in total. The smallest absolute Gasteiger partial charge is 0.192 e. The second-order valence-electron chi connectivity index (χ2n) is 4.25. The standard InChI is InChI=1S/C14H15F2N3S/c1-3-17-8-10-6-11(15)13(12(16)7-10)20-14-18-5-4-9(2)19-14/h4-7,17H,3,8H2,1-2H3. The van der Waals surface area contributed by atoms with E-state index in [1.54, 1.807) is 19.2 Å². The average Bonchev–Trinajstić information content (AvgIpc) is 2.40. The maximum Gasteiger partial charge on any atom is 0.192 e. The number of hydrogen-bond donors (Lipinski definition) is 1. The Morgan fingerprint density at radius 3 is 2.55 bits per heavy atom. The lowest BCUT2D eigenvalue weighted by molar-refractivity contribution is 0.534. The minimum absolute atomic E-state index is 0.0733. The largest absolute Gasteiger partial charge is 0.313 e. The van der Waals surface area contributed by atoms with Crippen molar-refractivity contribution >= 4 is 11.8 Å². The molecule has 0 aliphatic heterocycles. The van der Waals surface area contributed by atoms with Crippen LogP contribution in [0.5, 0.6) is 0 Å². The molecular weight excluding hydrogens is 280 g/mol. The van der Waals surface area contributed by atoms with Crippen molar-refractivity contribution < 1.29 is 8.78 Å². The summed E-state index contributed by atoms with van der Waals surface area (Å²) in [5.74, 6) is -1.18. The van der Waals surface area contributed by atoms with Crippen molar-refractivity contribution in [3.05, 3.63) is 47.3 Å². The molecule has 0 saturated heterocycles. The Morgan fingerprint density at radius 2 is 1.95 bits per heavy atom. The van der Waals surface area contributed by atoms with Gasteiger partial charge in [-0.15, -0.1) is 0 Å². The van der Waals surface area contributed by atoms with Crippen LogP contribution in [0, 0.1) is 18.6 Å². The molecule has 0 fully saturated rings. The molecule has 1 heterocycles. The highest BCUT2D eigenvalue weighted by Gasteiger charge is 2.14. The molecule has 1 aromatic heterocycles. The Labute approximate surface area is 120 Å². The van der Waals surface area contributed by atoms with Crippen LogP contribution < -0.4 is 5.32 Å². The quantitative estimate of drug-likeness (QED) is 0.859. The summed E-state index contributed by atoms with van der Waals surface area (Å²) in [6.07, 6.45) is 1.57. The van der Waals surface area contributed by atoms with Gasteiger partial charge in [-0.3, -0.25) is 0 Å². The lowest BCUT2D eigenvalue weighted by Gasteiger charge is -2.08. The topological polar surface area (TPSA) is 37.8 Å². The lowest BCUT2D eigenvalue weighted by Crippen LogP contribution is -2.12. The molecule has 20 heavy (non-hydrogen) atoms. The van der Waals surface area contributed by atoms with Gasteiger partial charge in [0.05, 0.1) is 4.90 Å². The van der Waals surface area contributed by atoms with E-state index in [-0.39, 0.29) is 4.90 Å². The van der Waals surface area contributed by atoms with Gasteiger partial charge in [-0.1, -0.05) is 6.92 Å². The van der Waals surface area contributed by atoms with Crippen LogP contribution >= 0.6 is 11.8 Å². The predicted molar refractivity (Wildman–Crippen MR) is 74.6 cm³/mol. The van der Waals surface area contributed by atoms with Crippen LogP contribution in [0.1, 0.15) is 18.2 Å². The first-order chi connectivity index (χ1) is 9.60. The minimum Gasteiger partial charge on any atom is -0.313 e. The third kappa shape index (κ3) is 3.74. The van der Waals surface area contributed by atoms with Crippen molar-refractivity contribution in [3.8, 4) is 0 Å². The number of nitrogens with zero attached hydrogens (tertiary/aromatic N) is 2. The summed E-state index contributed by atoms with van der Waals surface area (Å²) in [6.45, 7) is 4.93. The van der Waals surface area contributed by atoms with E-state index in [9.17, 15) is 8.78 Å². The molecule has 2 rings (SSSR count). The van der Waals surface area contributed by atoms with E-state index in [0.717, 1.165) is 24.0 Å². The molecule has 3 nitrogen and oxygen atoms in total. The van der Waals surface area contributed by atoms with Gasteiger partial charge in [-0.25, -0.2) is 18.7 Å². The Bertz CT molecular complexity index is 582. The van der Waals surface area contributed by atoms with E-state index in [0.29, 0.717) is 17.3 Å². The zero-order valence-electron chi connectivity index (χ0n) is 11.3. The van der Waals surface area contributed by atoms with Crippen molar-refractivity contribution in [1.82, 2.24) is 15.3 Å². The fourth-order valence-electron chi connectivity index (χ4n) is 1.65. The first kappa shape index (κ1) is 14.9. The first-order valence-corrected chi connectivity index (χ1v) is 7.08. The summed E-state index contributed by atoms with van der Waals surface area (Å²) in [6, 6.07) is 4.41. The third-order valence-corrected chi connectivity index (χ3v) is 3.58. The summed E-state index contributed by atoms with van der Waals surface area (Å²) < 4.78 is 28.0. The number of halogens is 2. The molecule has 0 atom stereocenters. The Morgan fingerprint density at radius 1 is 1.25 bits per heavy atom. The van der Waals surface area contributed by atoms with Gasteiger partial charge in [0, 0.05) is 18.4 Å². The van der Waals surface area contributed by atoms with E-state index in [1.165, 1.54) is 12.1 Å². The molecule has 6 heteroatoms. The lowest BCUT2D eigenvalue weighted by atomic mass is 10.2. The van der Waals surface area contributed by atoms with Gasteiger partial charge in [0.25, 0.3) is 0 Å². The summed E-state index contributed by atoms with van der Waals surface area (Å²) in [5, 5.41) is 3.37. The second-order valence-corrected chi connectivity index (χ2v) is 5.23.